The molecule has 0 bridgehead atoms. The second-order valence-corrected chi connectivity index (χ2v) is 16.9. The number of ether oxygens (including phenoxy) is 4. The number of nitrogens with zero attached hydrogens (tertiary/aromatic N) is 3. The van der Waals surface area contributed by atoms with E-state index in [-0.39, 0.29) is 28.5 Å². The van der Waals surface area contributed by atoms with Crippen LogP contribution in [0.25, 0.3) is 10.8 Å². The number of urea groups is 1. The monoisotopic (exact) mass is 863 g/mol. The van der Waals surface area contributed by atoms with Gasteiger partial charge in [-0.1, -0.05) is 58.9 Å². The number of likely N-dealkylation sites (N-methyl/N-ethyl adjacent to an activating group) is 1. The summed E-state index contributed by atoms with van der Waals surface area (Å²) in [6.45, 7) is 14.4. The number of methoxy groups -OCH3 is 2. The second kappa shape index (κ2) is 20.4. The van der Waals surface area contributed by atoms with Crippen LogP contribution in [0.2, 0.25) is 0 Å². The van der Waals surface area contributed by atoms with Crippen molar-refractivity contribution in [3.63, 3.8) is 0 Å². The van der Waals surface area contributed by atoms with Gasteiger partial charge in [0, 0.05) is 73.7 Å². The predicted molar refractivity (Wildman–Crippen MR) is 251 cm³/mol. The van der Waals surface area contributed by atoms with Gasteiger partial charge in [0.1, 0.15) is 23.1 Å². The summed E-state index contributed by atoms with van der Waals surface area (Å²) in [6, 6.07) is 22.7. The molecule has 1 aliphatic heterocycles. The number of anilines is 5. The molecule has 15 nitrogen and oxygen atoms in total. The topological polar surface area (TPSA) is 173 Å². The Morgan fingerprint density at radius 2 is 1.56 bits per heavy atom. The minimum absolute atomic E-state index is 0. The molecule has 0 aliphatic carbocycles. The lowest BCUT2D eigenvalue weighted by atomic mass is 9.86. The van der Waals surface area contributed by atoms with Crippen molar-refractivity contribution >= 4 is 61.3 Å². The van der Waals surface area contributed by atoms with Crippen LogP contribution in [-0.2, 0) is 20.2 Å². The Kier molecular flexibility index (Phi) is 15.4. The molecule has 3 amide bonds. The highest BCUT2D eigenvalue weighted by Crippen LogP contribution is 2.40. The van der Waals surface area contributed by atoms with Crippen molar-refractivity contribution in [3.05, 3.63) is 96.2 Å². The van der Waals surface area contributed by atoms with Crippen molar-refractivity contribution in [2.24, 2.45) is 0 Å². The summed E-state index contributed by atoms with van der Waals surface area (Å²) in [7, 11) is 1.09. The second-order valence-electron chi connectivity index (χ2n) is 15.2. The summed E-state index contributed by atoms with van der Waals surface area (Å²) in [5.41, 5.74) is 2.56. The lowest BCUT2D eigenvalue weighted by molar-refractivity contribution is 0.0338. The number of morpholine rings is 1. The van der Waals surface area contributed by atoms with Crippen LogP contribution in [-0.4, -0.2) is 102 Å². The summed E-state index contributed by atoms with van der Waals surface area (Å²) in [5, 5.41) is 10.5. The quantitative estimate of drug-likeness (QED) is 0.0838. The van der Waals surface area contributed by atoms with Gasteiger partial charge >= 0.3 is 6.03 Å². The largest absolute Gasteiger partial charge is 0.496 e. The summed E-state index contributed by atoms with van der Waals surface area (Å²) in [6.07, 6.45) is 2.68. The Balaban J connectivity index is 0.00000347. The number of hydrogen-bond donors (Lipinski definition) is 4. The average molecular weight is 864 g/mol. The molecule has 1 fully saturated rings. The van der Waals surface area contributed by atoms with E-state index in [9.17, 15) is 18.0 Å². The van der Waals surface area contributed by atoms with Crippen molar-refractivity contribution in [3.8, 4) is 23.0 Å². The zero-order valence-electron chi connectivity index (χ0n) is 36.3. The Hall–Kier alpha value is -6.10. The third-order valence-corrected chi connectivity index (χ3v) is 10.3. The molecule has 4 N–H and O–H groups in total. The minimum atomic E-state index is -3.64. The molecule has 0 spiro atoms. The molecular weight excluding hydrogens is 799 g/mol. The van der Waals surface area contributed by atoms with Crippen molar-refractivity contribution in [1.29, 1.82) is 0 Å². The van der Waals surface area contributed by atoms with Gasteiger partial charge in [-0.2, -0.15) is 0 Å². The Labute approximate surface area is 364 Å². The number of carbonyl (C=O) groups excluding carboxylic acids is 2. The summed E-state index contributed by atoms with van der Waals surface area (Å²) in [4.78, 5) is 35.3. The maximum atomic E-state index is 13.5. The first-order valence-electron chi connectivity index (χ1n) is 20.1. The number of nitrogens with one attached hydrogen (secondary N) is 4. The number of pyridine rings is 1. The first kappa shape index (κ1) is 46.0. The average Bonchev–Trinajstić information content (AvgIpc) is 3.23. The molecule has 1 aliphatic rings. The summed E-state index contributed by atoms with van der Waals surface area (Å²) in [5.74, 6) is 2.03. The number of amides is 3. The maximum absolute atomic E-state index is 13.5. The van der Waals surface area contributed by atoms with Crippen LogP contribution in [0.5, 0.6) is 23.0 Å². The third-order valence-electron chi connectivity index (χ3n) is 9.70. The Morgan fingerprint density at radius 3 is 2.23 bits per heavy atom. The number of carbonyl (C=O) groups is 2. The van der Waals surface area contributed by atoms with Crippen LogP contribution in [0.4, 0.5) is 33.4 Å². The smallest absolute Gasteiger partial charge is 0.323 e. The number of rotatable bonds is 14. The number of fused-ring (bicyclic) bond motifs is 1. The van der Waals surface area contributed by atoms with Crippen LogP contribution in [0.15, 0.2) is 85.1 Å². The fourth-order valence-electron chi connectivity index (χ4n) is 6.58. The van der Waals surface area contributed by atoms with Gasteiger partial charge in [-0.25, -0.2) is 18.2 Å². The van der Waals surface area contributed by atoms with Crippen molar-refractivity contribution < 1.29 is 42.7 Å². The molecule has 1 aromatic heterocycles. The van der Waals surface area contributed by atoms with Gasteiger partial charge in [0.2, 0.25) is 10.0 Å². The van der Waals surface area contributed by atoms with Gasteiger partial charge in [0.15, 0.2) is 5.75 Å². The van der Waals surface area contributed by atoms with Gasteiger partial charge in [-0.3, -0.25) is 14.4 Å². The summed E-state index contributed by atoms with van der Waals surface area (Å²) < 4.78 is 49.8. The van der Waals surface area contributed by atoms with E-state index in [0.717, 1.165) is 42.2 Å². The number of hydrogen-bond acceptors (Lipinski definition) is 11. The molecule has 4 aromatic carbocycles. The molecule has 0 atom stereocenters. The molecule has 0 unspecified atom stereocenters. The van der Waals surface area contributed by atoms with Crippen molar-refractivity contribution in [2.75, 3.05) is 87.6 Å². The molecule has 61 heavy (non-hydrogen) atoms. The van der Waals surface area contributed by atoms with E-state index >= 15 is 0 Å². The van der Waals surface area contributed by atoms with Crippen LogP contribution >= 0.6 is 0 Å². The molecule has 16 heteroatoms. The number of aromatic nitrogens is 1. The Bertz CT molecular complexity index is 2450. The fourth-order valence-corrected chi connectivity index (χ4v) is 7.13. The van der Waals surface area contributed by atoms with Crippen LogP contribution < -0.4 is 34.9 Å². The van der Waals surface area contributed by atoms with E-state index in [1.165, 1.54) is 14.2 Å². The third kappa shape index (κ3) is 12.2. The van der Waals surface area contributed by atoms with Crippen LogP contribution in [0.3, 0.4) is 0 Å². The van der Waals surface area contributed by atoms with E-state index in [1.54, 1.807) is 72.7 Å². The van der Waals surface area contributed by atoms with Gasteiger partial charge in [-0.05, 0) is 53.4 Å². The molecule has 5 aromatic rings. The van der Waals surface area contributed by atoms with Crippen LogP contribution in [0, 0.1) is 0 Å². The molecule has 334 valence electrons. The molecule has 1 saturated heterocycles. The standard InChI is InChI=1S/C43H51N7O8S.C2H6.4H2/c1-43(2,3)28-24-35(40(56-6)36(25-28)48-59(7,53)54)47-42(52)46-34-14-15-37(32-11-9-8-10-31(32)34)58-30-16-17-44-39(27-30)45-29-12-13-33(38(26-29)55-5)41(51)49(4)18-19-50-20-22-57-23-21-50;1-2;;;;/h8-17,24-27,48H,18-23H2,1-7H3,(H,44,45)(H2,46,47,52);1-2H3;4*1H. The lowest BCUT2D eigenvalue weighted by Gasteiger charge is -2.28. The molecule has 6 rings (SSSR count). The van der Waals surface area contributed by atoms with Gasteiger partial charge in [-0.15, -0.1) is 0 Å². The van der Waals surface area contributed by atoms with Crippen LogP contribution in [0.1, 0.15) is 56.2 Å². The molecule has 0 saturated carbocycles. The fraction of sp³-hybridized carbons (Fsp3) is 0.356. The first-order valence-corrected chi connectivity index (χ1v) is 22.0. The van der Waals surface area contributed by atoms with E-state index in [4.69, 9.17) is 18.9 Å². The van der Waals surface area contributed by atoms with Gasteiger partial charge in [0.25, 0.3) is 5.91 Å². The van der Waals surface area contributed by atoms with E-state index < -0.39 is 16.1 Å². The predicted octanol–water partition coefficient (Wildman–Crippen LogP) is 9.52. The highest BCUT2D eigenvalue weighted by Gasteiger charge is 2.23. The lowest BCUT2D eigenvalue weighted by Crippen LogP contribution is -2.42. The first-order chi connectivity index (χ1) is 29.1. The zero-order chi connectivity index (χ0) is 44.3. The molecular formula is C45H65N7O8S. The summed E-state index contributed by atoms with van der Waals surface area (Å²) >= 11 is 0. The Morgan fingerprint density at radius 1 is 0.869 bits per heavy atom. The molecule has 0 radical (unpaired) electrons. The van der Waals surface area contributed by atoms with E-state index in [0.29, 0.717) is 65.5 Å². The molecule has 2 heterocycles. The highest BCUT2D eigenvalue weighted by atomic mass is 32.2. The zero-order valence-corrected chi connectivity index (χ0v) is 37.2. The van der Waals surface area contributed by atoms with Gasteiger partial charge < -0.3 is 39.8 Å². The van der Waals surface area contributed by atoms with E-state index in [1.807, 2.05) is 58.9 Å². The maximum Gasteiger partial charge on any atom is 0.323 e. The number of benzene rings is 4. The van der Waals surface area contributed by atoms with E-state index in [2.05, 4.69) is 30.6 Å². The van der Waals surface area contributed by atoms with Crippen molar-refractivity contribution in [1.82, 2.24) is 14.8 Å². The van der Waals surface area contributed by atoms with Crippen molar-refractivity contribution in [2.45, 2.75) is 40.0 Å². The normalized spacial score (nSPS) is 13.0. The SMILES string of the molecule is CC.COc1cc(Nc2cc(Oc3ccc(NC(=O)Nc4cc(C(C)(C)C)cc(NS(C)(=O)=O)c4OC)c4ccccc34)ccn2)ccc1C(=O)N(C)CCN1CCOCC1.[HH].[HH].[HH].[HH]. The van der Waals surface area contributed by atoms with Gasteiger partial charge in [0.05, 0.1) is 56.3 Å². The minimum Gasteiger partial charge on any atom is -0.496 e. The highest BCUT2D eigenvalue weighted by molar-refractivity contribution is 7.92. The number of sulfonamides is 1.